The third kappa shape index (κ3) is 7.20. The number of hydrogen-bond acceptors (Lipinski definition) is 4. The van der Waals surface area contributed by atoms with E-state index >= 15 is 0 Å². The Morgan fingerprint density at radius 3 is 2.59 bits per heavy atom. The quantitative estimate of drug-likeness (QED) is 0.324. The highest BCUT2D eigenvalue weighted by Crippen LogP contribution is 2.22. The maximum absolute atomic E-state index is 13.7. The van der Waals surface area contributed by atoms with E-state index in [2.05, 4.69) is 10.3 Å². The van der Waals surface area contributed by atoms with Crippen molar-refractivity contribution < 1.29 is 12.8 Å². The Morgan fingerprint density at radius 2 is 2.00 bits per heavy atom. The molecule has 2 rings (SSSR count). The number of aliphatic imine (C=N–C) groups is 1. The number of halogens is 3. The zero-order valence-corrected chi connectivity index (χ0v) is 19.7. The molecule has 0 radical (unpaired) electrons. The van der Waals surface area contributed by atoms with Gasteiger partial charge in [-0.2, -0.15) is 0 Å². The summed E-state index contributed by atoms with van der Waals surface area (Å²) in [5.41, 5.74) is 0. The lowest BCUT2D eigenvalue weighted by atomic mass is 10.3. The highest BCUT2D eigenvalue weighted by atomic mass is 127. The topological polar surface area (TPSA) is 61.8 Å². The average Bonchev–Trinajstić information content (AvgIpc) is 2.99. The summed E-state index contributed by atoms with van der Waals surface area (Å²) < 4.78 is 39.0. The summed E-state index contributed by atoms with van der Waals surface area (Å²) in [5.74, 6) is -0.419. The van der Waals surface area contributed by atoms with Crippen LogP contribution in [0.5, 0.6) is 0 Å². The van der Waals surface area contributed by atoms with E-state index in [9.17, 15) is 12.8 Å². The Morgan fingerprint density at radius 1 is 1.30 bits per heavy atom. The van der Waals surface area contributed by atoms with Gasteiger partial charge in [-0.15, -0.1) is 35.3 Å². The van der Waals surface area contributed by atoms with E-state index in [1.54, 1.807) is 0 Å². The molecule has 0 spiro atoms. The maximum Gasteiger partial charge on any atom is 0.194 e. The molecule has 0 saturated carbocycles. The van der Waals surface area contributed by atoms with Gasteiger partial charge in [-0.25, -0.2) is 12.8 Å². The summed E-state index contributed by atoms with van der Waals surface area (Å²) in [6, 6.07) is 9.15. The van der Waals surface area contributed by atoms with Gasteiger partial charge in [0.2, 0.25) is 0 Å². The third-order valence-corrected chi connectivity index (χ3v) is 6.45. The molecule has 150 valence electrons. The van der Waals surface area contributed by atoms with E-state index in [4.69, 9.17) is 11.6 Å². The highest BCUT2D eigenvalue weighted by Gasteiger charge is 2.18. The number of sulfone groups is 1. The van der Waals surface area contributed by atoms with Crippen LogP contribution >= 0.6 is 46.9 Å². The standard InChI is InChI=1S/C17H21ClFN3O2S2.HI/c1-3-20-17(22(2)12-13-8-9-16(18)25-13)21-10-11-26(23,24)15-7-5-4-6-14(15)19;/h4-9H,3,10-12H2,1-2H3,(H,20,21);1H. The van der Waals surface area contributed by atoms with Crippen molar-refractivity contribution in [1.82, 2.24) is 10.2 Å². The molecule has 0 aliphatic carbocycles. The van der Waals surface area contributed by atoms with Crippen LogP contribution in [0.4, 0.5) is 4.39 Å². The number of hydrogen-bond donors (Lipinski definition) is 1. The molecule has 0 atom stereocenters. The lowest BCUT2D eigenvalue weighted by Crippen LogP contribution is -2.38. The van der Waals surface area contributed by atoms with Crippen LogP contribution in [0.25, 0.3) is 0 Å². The number of rotatable bonds is 7. The number of nitrogens with zero attached hydrogens (tertiary/aromatic N) is 2. The maximum atomic E-state index is 13.7. The minimum atomic E-state index is -3.73. The normalized spacial score (nSPS) is 11.8. The average molecular weight is 546 g/mol. The van der Waals surface area contributed by atoms with Crippen LogP contribution < -0.4 is 5.32 Å². The summed E-state index contributed by atoms with van der Waals surface area (Å²) in [4.78, 5) is 7.03. The molecule has 1 aromatic heterocycles. The van der Waals surface area contributed by atoms with Gasteiger partial charge in [-0.3, -0.25) is 4.99 Å². The van der Waals surface area contributed by atoms with Gasteiger partial charge < -0.3 is 10.2 Å². The number of benzene rings is 1. The zero-order chi connectivity index (χ0) is 19.2. The van der Waals surface area contributed by atoms with Crippen molar-refractivity contribution in [3.05, 3.63) is 51.4 Å². The van der Waals surface area contributed by atoms with Crippen molar-refractivity contribution in [3.8, 4) is 0 Å². The predicted molar refractivity (Wildman–Crippen MR) is 121 cm³/mol. The van der Waals surface area contributed by atoms with Crippen molar-refractivity contribution in [2.45, 2.75) is 18.4 Å². The van der Waals surface area contributed by atoms with Crippen LogP contribution in [0.3, 0.4) is 0 Å². The SMILES string of the molecule is CCNC(=NCCS(=O)(=O)c1ccccc1F)N(C)Cc1ccc(Cl)s1.I. The Balaban J connectivity index is 0.00000364. The van der Waals surface area contributed by atoms with E-state index in [0.717, 1.165) is 10.9 Å². The summed E-state index contributed by atoms with van der Waals surface area (Å²) in [6.07, 6.45) is 0. The minimum absolute atomic E-state index is 0. The fourth-order valence-electron chi connectivity index (χ4n) is 2.29. The van der Waals surface area contributed by atoms with Crippen molar-refractivity contribution >= 4 is 62.7 Å². The van der Waals surface area contributed by atoms with E-state index < -0.39 is 15.7 Å². The molecule has 1 N–H and O–H groups in total. The van der Waals surface area contributed by atoms with E-state index in [-0.39, 0.29) is 41.2 Å². The van der Waals surface area contributed by atoms with Gasteiger partial charge in [0.1, 0.15) is 10.7 Å². The third-order valence-electron chi connectivity index (χ3n) is 3.51. The molecule has 0 fully saturated rings. The summed E-state index contributed by atoms with van der Waals surface area (Å²) in [5, 5.41) is 3.13. The van der Waals surface area contributed by atoms with E-state index in [1.807, 2.05) is 31.0 Å². The van der Waals surface area contributed by atoms with Crippen molar-refractivity contribution in [3.63, 3.8) is 0 Å². The van der Waals surface area contributed by atoms with Gasteiger partial charge in [-0.05, 0) is 31.2 Å². The first-order valence-electron chi connectivity index (χ1n) is 8.04. The Kier molecular flexibility index (Phi) is 9.99. The second-order valence-corrected chi connectivity index (χ2v) is 9.42. The molecule has 0 aliphatic rings. The Hall–Kier alpha value is -0.910. The zero-order valence-electron chi connectivity index (χ0n) is 15.0. The molecule has 10 heteroatoms. The number of thiophene rings is 1. The van der Waals surface area contributed by atoms with Crippen LogP contribution in [0.1, 0.15) is 11.8 Å². The first-order valence-corrected chi connectivity index (χ1v) is 10.9. The van der Waals surface area contributed by atoms with Gasteiger partial charge >= 0.3 is 0 Å². The molecule has 2 aromatic rings. The fourth-order valence-corrected chi connectivity index (χ4v) is 4.64. The largest absolute Gasteiger partial charge is 0.357 e. The van der Waals surface area contributed by atoms with Crippen molar-refractivity contribution in [1.29, 1.82) is 0 Å². The molecule has 0 bridgehead atoms. The molecule has 0 aliphatic heterocycles. The van der Waals surface area contributed by atoms with E-state index in [1.165, 1.54) is 29.5 Å². The van der Waals surface area contributed by atoms with Gasteiger partial charge in [0, 0.05) is 18.5 Å². The van der Waals surface area contributed by atoms with Crippen molar-refractivity contribution in [2.24, 2.45) is 4.99 Å². The first kappa shape index (κ1) is 24.1. The van der Waals surface area contributed by atoms with E-state index in [0.29, 0.717) is 23.4 Å². The molecule has 5 nitrogen and oxygen atoms in total. The number of guanidine groups is 1. The number of nitrogens with one attached hydrogen (secondary N) is 1. The fraction of sp³-hybridized carbons (Fsp3) is 0.353. The van der Waals surface area contributed by atoms with Crippen LogP contribution in [-0.2, 0) is 16.4 Å². The van der Waals surface area contributed by atoms with Crippen LogP contribution in [0.2, 0.25) is 4.34 Å². The highest BCUT2D eigenvalue weighted by molar-refractivity contribution is 14.0. The Bertz CT molecular complexity index is 875. The smallest absolute Gasteiger partial charge is 0.194 e. The van der Waals surface area contributed by atoms with Crippen molar-refractivity contribution in [2.75, 3.05) is 25.9 Å². The van der Waals surface area contributed by atoms with Gasteiger partial charge in [-0.1, -0.05) is 23.7 Å². The second-order valence-electron chi connectivity index (χ2n) is 5.55. The van der Waals surface area contributed by atoms with Crippen LogP contribution in [0.15, 0.2) is 46.3 Å². The molecular formula is C17H22ClFIN3O2S2. The first-order chi connectivity index (χ1) is 12.3. The molecule has 0 amide bonds. The summed E-state index contributed by atoms with van der Waals surface area (Å²) in [7, 11) is -1.86. The molecule has 0 saturated heterocycles. The Labute approximate surface area is 185 Å². The van der Waals surface area contributed by atoms with Crippen LogP contribution in [0, 0.1) is 5.82 Å². The van der Waals surface area contributed by atoms with Gasteiger partial charge in [0.15, 0.2) is 15.8 Å². The van der Waals surface area contributed by atoms with Gasteiger partial charge in [0.25, 0.3) is 0 Å². The monoisotopic (exact) mass is 545 g/mol. The summed E-state index contributed by atoms with van der Waals surface area (Å²) in [6.45, 7) is 3.22. The predicted octanol–water partition coefficient (Wildman–Crippen LogP) is 4.03. The van der Waals surface area contributed by atoms with Crippen LogP contribution in [-0.4, -0.2) is 45.2 Å². The van der Waals surface area contributed by atoms with Gasteiger partial charge in [0.05, 0.1) is 23.2 Å². The molecule has 1 heterocycles. The second kappa shape index (κ2) is 11.2. The molecule has 0 unspecified atom stereocenters. The minimum Gasteiger partial charge on any atom is -0.357 e. The molecule has 1 aromatic carbocycles. The molecular weight excluding hydrogens is 524 g/mol. The summed E-state index contributed by atoms with van der Waals surface area (Å²) >= 11 is 7.43. The lowest BCUT2D eigenvalue weighted by molar-refractivity contribution is 0.482. The molecule has 27 heavy (non-hydrogen) atoms. The lowest BCUT2D eigenvalue weighted by Gasteiger charge is -2.21.